The molecule has 2 N–H and O–H groups in total. The Morgan fingerprint density at radius 3 is 1.33 bits per heavy atom. The zero-order valence-corrected chi connectivity index (χ0v) is 9.77. The fourth-order valence-electron chi connectivity index (χ4n) is 1.56. The summed E-state index contributed by atoms with van der Waals surface area (Å²) < 4.78 is 0. The Bertz CT molecular complexity index is 242. The molecule has 3 nitrogen and oxygen atoms in total. The van der Waals surface area contributed by atoms with Gasteiger partial charge >= 0.3 is 0 Å². The summed E-state index contributed by atoms with van der Waals surface area (Å²) >= 11 is 0. The minimum absolute atomic E-state index is 0.642. The number of rotatable bonds is 2. The first-order chi connectivity index (χ1) is 7.04. The summed E-state index contributed by atoms with van der Waals surface area (Å²) in [7, 11) is 0. The fourth-order valence-corrected chi connectivity index (χ4v) is 1.56. The van der Waals surface area contributed by atoms with Gasteiger partial charge in [0.1, 0.15) is 0 Å². The summed E-state index contributed by atoms with van der Waals surface area (Å²) in [6.07, 6.45) is 0. The third-order valence-corrected chi connectivity index (χ3v) is 2.24. The molecular formula is C12H20O3. The van der Waals surface area contributed by atoms with E-state index < -0.39 is 0 Å². The first-order valence-corrected chi connectivity index (χ1v) is 5.08. The lowest BCUT2D eigenvalue weighted by atomic mass is 9.91. The lowest BCUT2D eigenvalue weighted by Gasteiger charge is -2.14. The summed E-state index contributed by atoms with van der Waals surface area (Å²) in [6, 6.07) is 8.72. The Kier molecular flexibility index (Phi) is 6.96. The third kappa shape index (κ3) is 4.93. The molecule has 0 fully saturated rings. The van der Waals surface area contributed by atoms with Gasteiger partial charge in [-0.05, 0) is 23.0 Å². The van der Waals surface area contributed by atoms with E-state index in [-0.39, 0.29) is 0 Å². The topological polar surface area (TPSA) is 49.7 Å². The highest BCUT2D eigenvalue weighted by Crippen LogP contribution is 2.25. The van der Waals surface area contributed by atoms with Crippen molar-refractivity contribution < 1.29 is 15.6 Å². The van der Waals surface area contributed by atoms with Crippen molar-refractivity contribution >= 4 is 0 Å². The molecule has 0 saturated heterocycles. The maximum atomic E-state index is 6.62. The van der Waals surface area contributed by atoms with E-state index in [0.29, 0.717) is 11.8 Å². The molecular weight excluding hydrogens is 192 g/mol. The number of hydrogen-bond acceptors (Lipinski definition) is 3. The average Bonchev–Trinajstić information content (AvgIpc) is 2.19. The van der Waals surface area contributed by atoms with Crippen molar-refractivity contribution in [2.45, 2.75) is 39.5 Å². The first-order valence-electron chi connectivity index (χ1n) is 5.08. The molecule has 0 radical (unpaired) electrons. The van der Waals surface area contributed by atoms with Crippen LogP contribution >= 0.6 is 0 Å². The molecule has 0 spiro atoms. The maximum absolute atomic E-state index is 6.62. The number of benzene rings is 1. The standard InChI is InChI=1S/C12H18.H2O3/c1-9(2)11-7-5-6-8-12(11)10(3)4;1-3-2/h5-10H,1-4H3;1-2H. The molecule has 0 bridgehead atoms. The van der Waals surface area contributed by atoms with E-state index >= 15 is 0 Å². The second-order valence-corrected chi connectivity index (χ2v) is 4.02. The van der Waals surface area contributed by atoms with E-state index in [1.54, 1.807) is 0 Å². The van der Waals surface area contributed by atoms with Gasteiger partial charge < -0.3 is 0 Å². The van der Waals surface area contributed by atoms with Crippen LogP contribution in [0.25, 0.3) is 0 Å². The molecule has 0 aliphatic rings. The highest BCUT2D eigenvalue weighted by molar-refractivity contribution is 5.31. The molecule has 0 aliphatic heterocycles. The molecule has 86 valence electrons. The monoisotopic (exact) mass is 212 g/mol. The molecule has 0 aliphatic carbocycles. The van der Waals surface area contributed by atoms with Gasteiger partial charge in [0.2, 0.25) is 0 Å². The quantitative estimate of drug-likeness (QED) is 0.577. The summed E-state index contributed by atoms with van der Waals surface area (Å²) in [6.45, 7) is 9.00. The van der Waals surface area contributed by atoms with E-state index in [9.17, 15) is 0 Å². The van der Waals surface area contributed by atoms with Crippen molar-refractivity contribution in [1.29, 1.82) is 0 Å². The van der Waals surface area contributed by atoms with Gasteiger partial charge in [0, 0.05) is 0 Å². The predicted octanol–water partition coefficient (Wildman–Crippen LogP) is 3.88. The Hall–Kier alpha value is -0.900. The molecule has 0 amide bonds. The largest absolute Gasteiger partial charge is 0.221 e. The summed E-state index contributed by atoms with van der Waals surface area (Å²) in [4.78, 5) is 0. The Labute approximate surface area is 91.2 Å². The summed E-state index contributed by atoms with van der Waals surface area (Å²) in [5.74, 6) is 1.28. The van der Waals surface area contributed by atoms with Crippen molar-refractivity contribution in [3.8, 4) is 0 Å². The predicted molar refractivity (Wildman–Crippen MR) is 61.0 cm³/mol. The average molecular weight is 212 g/mol. The molecule has 0 saturated carbocycles. The van der Waals surface area contributed by atoms with Gasteiger partial charge in [-0.3, -0.25) is 0 Å². The summed E-state index contributed by atoms with van der Waals surface area (Å²) in [5, 5.41) is 15.5. The summed E-state index contributed by atoms with van der Waals surface area (Å²) in [5.41, 5.74) is 2.99. The minimum atomic E-state index is 0.642. The highest BCUT2D eigenvalue weighted by atomic mass is 17.4. The molecule has 1 aromatic rings. The second kappa shape index (κ2) is 7.40. The first kappa shape index (κ1) is 14.1. The molecule has 3 heteroatoms. The normalized spacial score (nSPS) is 10.1. The maximum Gasteiger partial charge on any atom is -0.0216 e. The van der Waals surface area contributed by atoms with Crippen LogP contribution in [-0.2, 0) is 5.04 Å². The van der Waals surface area contributed by atoms with E-state index in [0.717, 1.165) is 0 Å². The van der Waals surface area contributed by atoms with Crippen LogP contribution in [0.3, 0.4) is 0 Å². The van der Waals surface area contributed by atoms with Crippen LogP contribution in [0.2, 0.25) is 0 Å². The zero-order chi connectivity index (χ0) is 11.8. The fraction of sp³-hybridized carbons (Fsp3) is 0.500. The van der Waals surface area contributed by atoms with Crippen molar-refractivity contribution in [1.82, 2.24) is 0 Å². The third-order valence-electron chi connectivity index (χ3n) is 2.24. The van der Waals surface area contributed by atoms with Crippen molar-refractivity contribution in [3.63, 3.8) is 0 Å². The zero-order valence-electron chi connectivity index (χ0n) is 9.77. The lowest BCUT2D eigenvalue weighted by Crippen LogP contribution is -1.97. The van der Waals surface area contributed by atoms with Crippen molar-refractivity contribution in [3.05, 3.63) is 35.4 Å². The van der Waals surface area contributed by atoms with Gasteiger partial charge in [0.05, 0.1) is 0 Å². The Morgan fingerprint density at radius 1 is 0.867 bits per heavy atom. The molecule has 0 heterocycles. The molecule has 1 aromatic carbocycles. The molecule has 15 heavy (non-hydrogen) atoms. The van der Waals surface area contributed by atoms with Gasteiger partial charge in [-0.15, -0.1) is 0 Å². The van der Waals surface area contributed by atoms with Crippen LogP contribution in [0.15, 0.2) is 24.3 Å². The smallest absolute Gasteiger partial charge is 0.0216 e. The molecule has 0 aromatic heterocycles. The van der Waals surface area contributed by atoms with Crippen LogP contribution in [0.1, 0.15) is 50.7 Å². The van der Waals surface area contributed by atoms with E-state index in [1.165, 1.54) is 11.1 Å². The van der Waals surface area contributed by atoms with E-state index in [2.05, 4.69) is 57.0 Å². The van der Waals surface area contributed by atoms with Gasteiger partial charge in [-0.2, -0.15) is 0 Å². The second-order valence-electron chi connectivity index (χ2n) is 4.02. The number of hydrogen-bond donors (Lipinski definition) is 2. The lowest BCUT2D eigenvalue weighted by molar-refractivity contribution is -0.465. The van der Waals surface area contributed by atoms with Crippen LogP contribution in [0.4, 0.5) is 0 Å². The van der Waals surface area contributed by atoms with Crippen LogP contribution in [-0.4, -0.2) is 10.5 Å². The van der Waals surface area contributed by atoms with E-state index in [4.69, 9.17) is 10.5 Å². The Morgan fingerprint density at radius 2 is 1.13 bits per heavy atom. The van der Waals surface area contributed by atoms with Gasteiger partial charge in [-0.1, -0.05) is 57.0 Å². The highest BCUT2D eigenvalue weighted by Gasteiger charge is 2.07. The van der Waals surface area contributed by atoms with Crippen molar-refractivity contribution in [2.24, 2.45) is 0 Å². The van der Waals surface area contributed by atoms with Crippen LogP contribution in [0, 0.1) is 0 Å². The molecule has 0 unspecified atom stereocenters. The van der Waals surface area contributed by atoms with Gasteiger partial charge in [0.25, 0.3) is 0 Å². The Balaban J connectivity index is 0.000000583. The van der Waals surface area contributed by atoms with Crippen LogP contribution in [0.5, 0.6) is 0 Å². The molecule has 1 rings (SSSR count). The SMILES string of the molecule is CC(C)c1ccccc1C(C)C.OOO. The van der Waals surface area contributed by atoms with Crippen molar-refractivity contribution in [2.75, 3.05) is 0 Å². The van der Waals surface area contributed by atoms with Gasteiger partial charge in [-0.25, -0.2) is 10.5 Å². The molecule has 0 atom stereocenters. The van der Waals surface area contributed by atoms with Crippen LogP contribution < -0.4 is 0 Å². The van der Waals surface area contributed by atoms with E-state index in [1.807, 2.05) is 0 Å². The van der Waals surface area contributed by atoms with Gasteiger partial charge in [0.15, 0.2) is 0 Å². The minimum Gasteiger partial charge on any atom is -0.221 e.